The minimum atomic E-state index is -4.79. The number of nitrogens with one attached hydrogen (secondary N) is 3. The molecule has 0 aliphatic rings. The molecule has 11 heteroatoms. The van der Waals surface area contributed by atoms with Crippen LogP contribution in [0, 0.1) is 0 Å². The van der Waals surface area contributed by atoms with Gasteiger partial charge in [0.15, 0.2) is 0 Å². The lowest BCUT2D eigenvalue weighted by Crippen LogP contribution is -2.50. The van der Waals surface area contributed by atoms with Crippen LogP contribution in [-0.4, -0.2) is 54.8 Å². The molecule has 0 unspecified atom stereocenters. The summed E-state index contributed by atoms with van der Waals surface area (Å²) in [7, 11) is 1.50. The molecule has 1 aromatic rings. The Morgan fingerprint density at radius 1 is 1.00 bits per heavy atom. The third kappa shape index (κ3) is 10.4. The van der Waals surface area contributed by atoms with Crippen LogP contribution in [0.3, 0.4) is 0 Å². The number of amides is 4. The summed E-state index contributed by atoms with van der Waals surface area (Å²) < 4.78 is 40.0. The third-order valence-corrected chi connectivity index (χ3v) is 2.94. The van der Waals surface area contributed by atoms with Gasteiger partial charge in [-0.05, 0) is 52.1 Å². The minimum Gasteiger partial charge on any atom is -0.406 e. The number of carbonyl (C=O) groups excluding carboxylic acids is 3. The van der Waals surface area contributed by atoms with Gasteiger partial charge in [-0.3, -0.25) is 19.8 Å². The summed E-state index contributed by atoms with van der Waals surface area (Å²) in [6, 6.07) is 3.99. The van der Waals surface area contributed by atoms with E-state index in [1.54, 1.807) is 20.8 Å². The number of rotatable bonds is 6. The molecule has 0 saturated heterocycles. The summed E-state index contributed by atoms with van der Waals surface area (Å²) in [5.74, 6) is -1.49. The summed E-state index contributed by atoms with van der Waals surface area (Å²) >= 11 is 0. The quantitative estimate of drug-likeness (QED) is 0.674. The standard InChI is InChI=1S/C17H23F3N4O4/c1-16(2,3)23-15(27)22-14(26)10-24(4)9-13(25)21-11-5-7-12(8-6-11)28-17(18,19)20/h5-8H,9-10H2,1-4H3,(H,21,25)(H2,22,23,26,27). The van der Waals surface area contributed by atoms with E-state index in [4.69, 9.17) is 0 Å². The molecule has 3 N–H and O–H groups in total. The predicted octanol–water partition coefficient (Wildman–Crippen LogP) is 2.08. The molecule has 0 spiro atoms. The average molecular weight is 404 g/mol. The Morgan fingerprint density at radius 3 is 2.04 bits per heavy atom. The van der Waals surface area contributed by atoms with Gasteiger partial charge in [-0.2, -0.15) is 0 Å². The van der Waals surface area contributed by atoms with E-state index in [1.165, 1.54) is 24.1 Å². The fourth-order valence-electron chi connectivity index (χ4n) is 2.02. The molecule has 0 aliphatic carbocycles. The highest BCUT2D eigenvalue weighted by atomic mass is 19.4. The molecule has 28 heavy (non-hydrogen) atoms. The van der Waals surface area contributed by atoms with Crippen LogP contribution in [0.25, 0.3) is 0 Å². The highest BCUT2D eigenvalue weighted by Crippen LogP contribution is 2.23. The van der Waals surface area contributed by atoms with Crippen molar-refractivity contribution >= 4 is 23.5 Å². The Hall–Kier alpha value is -2.82. The number of anilines is 1. The second-order valence-electron chi connectivity index (χ2n) is 7.04. The Labute approximate surface area is 160 Å². The molecule has 0 fully saturated rings. The average Bonchev–Trinajstić information content (AvgIpc) is 2.44. The van der Waals surface area contributed by atoms with Gasteiger partial charge in [0, 0.05) is 11.2 Å². The van der Waals surface area contributed by atoms with E-state index in [9.17, 15) is 27.6 Å². The zero-order valence-corrected chi connectivity index (χ0v) is 15.9. The lowest BCUT2D eigenvalue weighted by atomic mass is 10.1. The number of hydrogen-bond acceptors (Lipinski definition) is 5. The number of urea groups is 1. The van der Waals surface area contributed by atoms with Gasteiger partial charge in [-0.25, -0.2) is 4.79 Å². The lowest BCUT2D eigenvalue weighted by molar-refractivity contribution is -0.274. The Bertz CT molecular complexity index is 700. The van der Waals surface area contributed by atoms with Crippen molar-refractivity contribution in [2.24, 2.45) is 0 Å². The topological polar surface area (TPSA) is 99.8 Å². The highest BCUT2D eigenvalue weighted by molar-refractivity contribution is 5.96. The summed E-state index contributed by atoms with van der Waals surface area (Å²) in [6.45, 7) is 4.90. The molecule has 0 saturated carbocycles. The van der Waals surface area contributed by atoms with Crippen LogP contribution >= 0.6 is 0 Å². The maximum atomic E-state index is 12.1. The Morgan fingerprint density at radius 2 is 1.54 bits per heavy atom. The smallest absolute Gasteiger partial charge is 0.406 e. The number of imide groups is 1. The maximum absolute atomic E-state index is 12.1. The number of halogens is 3. The van der Waals surface area contributed by atoms with Gasteiger partial charge in [-0.15, -0.1) is 13.2 Å². The maximum Gasteiger partial charge on any atom is 0.573 e. The SMILES string of the molecule is CN(CC(=O)NC(=O)NC(C)(C)C)CC(=O)Nc1ccc(OC(F)(F)F)cc1. The van der Waals surface area contributed by atoms with E-state index < -0.39 is 35.5 Å². The van der Waals surface area contributed by atoms with Crippen molar-refractivity contribution in [3.63, 3.8) is 0 Å². The van der Waals surface area contributed by atoms with Gasteiger partial charge in [0.2, 0.25) is 11.8 Å². The van der Waals surface area contributed by atoms with Crippen LogP contribution in [0.2, 0.25) is 0 Å². The van der Waals surface area contributed by atoms with Crippen LogP contribution in [0.4, 0.5) is 23.7 Å². The van der Waals surface area contributed by atoms with Crippen LogP contribution in [0.5, 0.6) is 5.75 Å². The third-order valence-electron chi connectivity index (χ3n) is 2.94. The van der Waals surface area contributed by atoms with E-state index in [0.29, 0.717) is 0 Å². The van der Waals surface area contributed by atoms with Crippen molar-refractivity contribution in [3.8, 4) is 5.75 Å². The first kappa shape index (κ1) is 23.2. The van der Waals surface area contributed by atoms with Gasteiger partial charge in [0.25, 0.3) is 0 Å². The number of hydrogen-bond donors (Lipinski definition) is 3. The van der Waals surface area contributed by atoms with E-state index in [2.05, 4.69) is 20.7 Å². The van der Waals surface area contributed by atoms with E-state index in [1.807, 2.05) is 0 Å². The van der Waals surface area contributed by atoms with Crippen LogP contribution in [0.1, 0.15) is 20.8 Å². The van der Waals surface area contributed by atoms with Crippen molar-refractivity contribution in [3.05, 3.63) is 24.3 Å². The molecular formula is C17H23F3N4O4. The van der Waals surface area contributed by atoms with Crippen molar-refractivity contribution in [2.45, 2.75) is 32.7 Å². The number of ether oxygens (including phenoxy) is 1. The molecule has 0 aliphatic heterocycles. The molecule has 0 heterocycles. The zero-order valence-electron chi connectivity index (χ0n) is 15.9. The van der Waals surface area contributed by atoms with Crippen LogP contribution in [-0.2, 0) is 9.59 Å². The number of likely N-dealkylation sites (N-methyl/N-ethyl adjacent to an activating group) is 1. The van der Waals surface area contributed by atoms with Crippen molar-refractivity contribution in [1.29, 1.82) is 0 Å². The van der Waals surface area contributed by atoms with Gasteiger partial charge < -0.3 is 15.4 Å². The van der Waals surface area contributed by atoms with E-state index in [0.717, 1.165) is 12.1 Å². The predicted molar refractivity (Wildman–Crippen MR) is 95.7 cm³/mol. The van der Waals surface area contributed by atoms with Crippen molar-refractivity contribution < 1.29 is 32.3 Å². The van der Waals surface area contributed by atoms with Crippen molar-refractivity contribution in [2.75, 3.05) is 25.5 Å². The molecule has 4 amide bonds. The first-order valence-electron chi connectivity index (χ1n) is 8.20. The first-order valence-corrected chi connectivity index (χ1v) is 8.20. The molecule has 8 nitrogen and oxygen atoms in total. The van der Waals surface area contributed by atoms with Gasteiger partial charge >= 0.3 is 12.4 Å². The summed E-state index contributed by atoms with van der Waals surface area (Å²) in [6.07, 6.45) is -4.79. The van der Waals surface area contributed by atoms with E-state index in [-0.39, 0.29) is 18.8 Å². The molecule has 0 atom stereocenters. The summed E-state index contributed by atoms with van der Waals surface area (Å²) in [5, 5.41) is 7.19. The minimum absolute atomic E-state index is 0.172. The summed E-state index contributed by atoms with van der Waals surface area (Å²) in [4.78, 5) is 36.7. The number of alkyl halides is 3. The fourth-order valence-corrected chi connectivity index (χ4v) is 2.02. The van der Waals surface area contributed by atoms with Crippen LogP contribution in [0.15, 0.2) is 24.3 Å². The lowest BCUT2D eigenvalue weighted by Gasteiger charge is -2.21. The molecule has 1 rings (SSSR count). The second kappa shape index (κ2) is 9.40. The first-order chi connectivity index (χ1) is 12.7. The van der Waals surface area contributed by atoms with Gasteiger partial charge in [-0.1, -0.05) is 0 Å². The molecule has 1 aromatic carbocycles. The normalized spacial score (nSPS) is 11.7. The van der Waals surface area contributed by atoms with Gasteiger partial charge in [0.05, 0.1) is 13.1 Å². The highest BCUT2D eigenvalue weighted by Gasteiger charge is 2.31. The molecule has 156 valence electrons. The number of benzene rings is 1. The second-order valence-corrected chi connectivity index (χ2v) is 7.04. The van der Waals surface area contributed by atoms with E-state index >= 15 is 0 Å². The van der Waals surface area contributed by atoms with Gasteiger partial charge in [0.1, 0.15) is 5.75 Å². The number of carbonyl (C=O) groups is 3. The fraction of sp³-hybridized carbons (Fsp3) is 0.471. The molecule has 0 radical (unpaired) electrons. The summed E-state index contributed by atoms with van der Waals surface area (Å²) in [5.41, 5.74) is -0.237. The molecule has 0 aromatic heterocycles. The Kier molecular flexibility index (Phi) is 7.79. The largest absolute Gasteiger partial charge is 0.573 e. The van der Waals surface area contributed by atoms with Crippen LogP contribution < -0.4 is 20.7 Å². The Balaban J connectivity index is 2.44. The molecule has 0 bridgehead atoms. The zero-order chi connectivity index (χ0) is 21.5. The van der Waals surface area contributed by atoms with Crippen molar-refractivity contribution in [1.82, 2.24) is 15.5 Å². The monoisotopic (exact) mass is 404 g/mol. The molecular weight excluding hydrogens is 381 g/mol. The number of nitrogens with zero attached hydrogens (tertiary/aromatic N) is 1.